The van der Waals surface area contributed by atoms with Crippen LogP contribution in [0.5, 0.6) is 0 Å². The second-order valence-electron chi connectivity index (χ2n) is 4.86. The minimum absolute atomic E-state index is 0.280. The molecule has 0 saturated carbocycles. The molecule has 2 aromatic carbocycles. The highest BCUT2D eigenvalue weighted by Gasteiger charge is 2.10. The van der Waals surface area contributed by atoms with Crippen LogP contribution in [0.1, 0.15) is 16.7 Å². The van der Waals surface area contributed by atoms with Gasteiger partial charge in [0.05, 0.1) is 0 Å². The predicted octanol–water partition coefficient (Wildman–Crippen LogP) is 3.40. The molecule has 0 amide bonds. The lowest BCUT2D eigenvalue weighted by Gasteiger charge is -2.21. The Morgan fingerprint density at radius 1 is 1.20 bits per heavy atom. The summed E-state index contributed by atoms with van der Waals surface area (Å²) in [6, 6.07) is 12.7. The zero-order valence-electron chi connectivity index (χ0n) is 11.6. The topological polar surface area (TPSA) is 29.3 Å². The van der Waals surface area contributed by atoms with Gasteiger partial charge in [0, 0.05) is 24.8 Å². The number of benzene rings is 2. The molecule has 0 saturated heterocycles. The maximum absolute atomic E-state index is 13.4. The van der Waals surface area contributed by atoms with Gasteiger partial charge in [-0.1, -0.05) is 29.9 Å². The third-order valence-electron chi connectivity index (χ3n) is 3.22. The van der Waals surface area contributed by atoms with E-state index in [-0.39, 0.29) is 10.8 Å². The molecular formula is C16H17FN2S. The minimum Gasteiger partial charge on any atom is -0.389 e. The molecule has 0 bridgehead atoms. The third-order valence-corrected chi connectivity index (χ3v) is 3.43. The molecule has 0 spiro atoms. The van der Waals surface area contributed by atoms with Crippen molar-refractivity contribution in [2.75, 3.05) is 11.9 Å². The molecule has 2 N–H and O–H groups in total. The fourth-order valence-electron chi connectivity index (χ4n) is 2.08. The number of aryl methyl sites for hydroxylation is 1. The molecular weight excluding hydrogens is 271 g/mol. The second kappa shape index (κ2) is 6.01. The van der Waals surface area contributed by atoms with E-state index in [0.29, 0.717) is 6.54 Å². The van der Waals surface area contributed by atoms with Crippen LogP contribution in [0.15, 0.2) is 42.5 Å². The summed E-state index contributed by atoms with van der Waals surface area (Å²) in [5.74, 6) is -0.280. The largest absolute Gasteiger partial charge is 0.389 e. The highest BCUT2D eigenvalue weighted by molar-refractivity contribution is 7.80. The van der Waals surface area contributed by atoms with E-state index in [9.17, 15) is 4.39 Å². The normalized spacial score (nSPS) is 10.3. The minimum atomic E-state index is -0.280. The van der Waals surface area contributed by atoms with Gasteiger partial charge < -0.3 is 10.6 Å². The summed E-state index contributed by atoms with van der Waals surface area (Å²) in [4.78, 5) is 2.33. The third kappa shape index (κ3) is 3.33. The van der Waals surface area contributed by atoms with Gasteiger partial charge in [-0.3, -0.25) is 0 Å². The summed E-state index contributed by atoms with van der Waals surface area (Å²) in [7, 11) is 1.96. The summed E-state index contributed by atoms with van der Waals surface area (Å²) < 4.78 is 13.4. The average molecular weight is 288 g/mol. The van der Waals surface area contributed by atoms with E-state index in [2.05, 4.69) is 0 Å². The first-order chi connectivity index (χ1) is 9.47. The average Bonchev–Trinajstić information content (AvgIpc) is 2.39. The van der Waals surface area contributed by atoms with Crippen molar-refractivity contribution in [3.8, 4) is 0 Å². The van der Waals surface area contributed by atoms with Crippen molar-refractivity contribution in [3.05, 3.63) is 65.0 Å². The molecule has 2 nitrogen and oxygen atoms in total. The van der Waals surface area contributed by atoms with Crippen LogP contribution >= 0.6 is 12.2 Å². The van der Waals surface area contributed by atoms with Gasteiger partial charge in [-0.2, -0.15) is 0 Å². The van der Waals surface area contributed by atoms with Crippen molar-refractivity contribution in [3.63, 3.8) is 0 Å². The molecule has 0 aromatic heterocycles. The van der Waals surface area contributed by atoms with E-state index in [1.165, 1.54) is 17.7 Å². The number of thiocarbonyl (C=S) groups is 1. The van der Waals surface area contributed by atoms with Gasteiger partial charge in [0.25, 0.3) is 0 Å². The lowest BCUT2D eigenvalue weighted by molar-refractivity contribution is 0.625. The lowest BCUT2D eigenvalue weighted by Crippen LogP contribution is -2.20. The fourth-order valence-corrected chi connectivity index (χ4v) is 2.28. The van der Waals surface area contributed by atoms with Crippen molar-refractivity contribution in [1.82, 2.24) is 0 Å². The van der Waals surface area contributed by atoms with Gasteiger partial charge in [-0.05, 0) is 42.8 Å². The highest BCUT2D eigenvalue weighted by atomic mass is 32.1. The number of hydrogen-bond donors (Lipinski definition) is 1. The molecule has 2 aromatic rings. The number of nitrogens with two attached hydrogens (primary N) is 1. The Labute approximate surface area is 124 Å². The van der Waals surface area contributed by atoms with E-state index in [0.717, 1.165) is 16.8 Å². The molecule has 4 heteroatoms. The lowest BCUT2D eigenvalue weighted by atomic mass is 10.1. The van der Waals surface area contributed by atoms with Gasteiger partial charge in [0.1, 0.15) is 10.8 Å². The SMILES string of the molecule is Cc1ccc(N(C)Cc2cc(F)ccc2C(N)=S)cc1. The number of halogens is 1. The Morgan fingerprint density at radius 3 is 2.45 bits per heavy atom. The van der Waals surface area contributed by atoms with Crippen LogP contribution in [0.3, 0.4) is 0 Å². The molecule has 0 aliphatic carbocycles. The predicted molar refractivity (Wildman–Crippen MR) is 85.6 cm³/mol. The first-order valence-electron chi connectivity index (χ1n) is 6.33. The summed E-state index contributed by atoms with van der Waals surface area (Å²) >= 11 is 5.02. The fraction of sp³-hybridized carbons (Fsp3) is 0.188. The van der Waals surface area contributed by atoms with Crippen LogP contribution in [0, 0.1) is 12.7 Å². The van der Waals surface area contributed by atoms with Gasteiger partial charge in [-0.25, -0.2) is 4.39 Å². The van der Waals surface area contributed by atoms with Gasteiger partial charge in [-0.15, -0.1) is 0 Å². The van der Waals surface area contributed by atoms with Crippen molar-refractivity contribution in [2.45, 2.75) is 13.5 Å². The molecule has 0 atom stereocenters. The van der Waals surface area contributed by atoms with Crippen LogP contribution in [-0.2, 0) is 6.54 Å². The first kappa shape index (κ1) is 14.5. The number of hydrogen-bond acceptors (Lipinski definition) is 2. The Morgan fingerprint density at radius 2 is 1.85 bits per heavy atom. The molecule has 0 aliphatic rings. The van der Waals surface area contributed by atoms with Gasteiger partial charge >= 0.3 is 0 Å². The van der Waals surface area contributed by atoms with Gasteiger partial charge in [0.2, 0.25) is 0 Å². The highest BCUT2D eigenvalue weighted by Crippen LogP contribution is 2.19. The molecule has 0 aliphatic heterocycles. The summed E-state index contributed by atoms with van der Waals surface area (Å²) in [5.41, 5.74) is 9.47. The van der Waals surface area contributed by atoms with E-state index >= 15 is 0 Å². The maximum atomic E-state index is 13.4. The Balaban J connectivity index is 2.27. The van der Waals surface area contributed by atoms with Crippen molar-refractivity contribution < 1.29 is 4.39 Å². The number of rotatable bonds is 4. The molecule has 0 fully saturated rings. The number of anilines is 1. The monoisotopic (exact) mass is 288 g/mol. The van der Waals surface area contributed by atoms with E-state index in [1.807, 2.05) is 43.1 Å². The standard InChI is InChI=1S/C16H17FN2S/c1-11-3-6-14(7-4-11)19(2)10-12-9-13(17)5-8-15(12)16(18)20/h3-9H,10H2,1-2H3,(H2,18,20). The van der Waals surface area contributed by atoms with Crippen LogP contribution < -0.4 is 10.6 Å². The molecule has 0 heterocycles. The van der Waals surface area contributed by atoms with Crippen LogP contribution in [-0.4, -0.2) is 12.0 Å². The maximum Gasteiger partial charge on any atom is 0.123 e. The molecule has 0 unspecified atom stereocenters. The van der Waals surface area contributed by atoms with Crippen LogP contribution in [0.2, 0.25) is 0 Å². The smallest absolute Gasteiger partial charge is 0.123 e. The summed E-state index contributed by atoms with van der Waals surface area (Å²) in [5, 5.41) is 0. The van der Waals surface area contributed by atoms with Gasteiger partial charge in [0.15, 0.2) is 0 Å². The van der Waals surface area contributed by atoms with Crippen LogP contribution in [0.4, 0.5) is 10.1 Å². The van der Waals surface area contributed by atoms with Crippen LogP contribution in [0.25, 0.3) is 0 Å². The zero-order valence-corrected chi connectivity index (χ0v) is 12.4. The summed E-state index contributed by atoms with van der Waals surface area (Å²) in [6.45, 7) is 2.59. The van der Waals surface area contributed by atoms with E-state index in [4.69, 9.17) is 18.0 Å². The van der Waals surface area contributed by atoms with Crippen molar-refractivity contribution in [2.24, 2.45) is 5.73 Å². The molecule has 104 valence electrons. The quantitative estimate of drug-likeness (QED) is 0.874. The molecule has 2 rings (SSSR count). The molecule has 20 heavy (non-hydrogen) atoms. The Kier molecular flexibility index (Phi) is 4.35. The second-order valence-corrected chi connectivity index (χ2v) is 5.30. The Hall–Kier alpha value is -1.94. The van der Waals surface area contributed by atoms with Crippen molar-refractivity contribution >= 4 is 22.9 Å². The zero-order chi connectivity index (χ0) is 14.7. The first-order valence-corrected chi connectivity index (χ1v) is 6.74. The Bertz CT molecular complexity index is 623. The molecule has 0 radical (unpaired) electrons. The van der Waals surface area contributed by atoms with E-state index < -0.39 is 0 Å². The summed E-state index contributed by atoms with van der Waals surface area (Å²) in [6.07, 6.45) is 0. The number of nitrogens with zero attached hydrogens (tertiary/aromatic N) is 1. The van der Waals surface area contributed by atoms with Crippen molar-refractivity contribution in [1.29, 1.82) is 0 Å². The van der Waals surface area contributed by atoms with E-state index in [1.54, 1.807) is 6.07 Å².